The lowest BCUT2D eigenvalue weighted by Gasteiger charge is -2.33. The van der Waals surface area contributed by atoms with Crippen LogP contribution < -0.4 is 16.2 Å². The van der Waals surface area contributed by atoms with Crippen LogP contribution in [-0.4, -0.2) is 37.5 Å². The van der Waals surface area contributed by atoms with Gasteiger partial charge in [-0.1, -0.05) is 19.9 Å². The van der Waals surface area contributed by atoms with Crippen LogP contribution in [0.1, 0.15) is 63.4 Å². The molecule has 3 aromatic heterocycles. The van der Waals surface area contributed by atoms with Gasteiger partial charge in [-0.05, 0) is 62.1 Å². The summed E-state index contributed by atoms with van der Waals surface area (Å²) < 4.78 is 31.9. The Bertz CT molecular complexity index is 1620. The number of benzene rings is 1. The molecule has 4 aromatic rings. The molecule has 4 heterocycles. The number of rotatable bonds is 6. The Kier molecular flexibility index (Phi) is 5.64. The number of alkyl halides is 1. The molecule has 6 rings (SSSR count). The van der Waals surface area contributed by atoms with Gasteiger partial charge in [0.25, 0.3) is 5.56 Å². The van der Waals surface area contributed by atoms with Crippen LogP contribution in [0, 0.1) is 5.82 Å². The van der Waals surface area contributed by atoms with E-state index in [2.05, 4.69) is 51.6 Å². The van der Waals surface area contributed by atoms with Crippen molar-refractivity contribution in [2.24, 2.45) is 0 Å². The smallest absolute Gasteiger partial charge is 0.278 e. The van der Waals surface area contributed by atoms with Crippen molar-refractivity contribution >= 4 is 22.7 Å². The second-order valence-corrected chi connectivity index (χ2v) is 11.4. The lowest BCUT2D eigenvalue weighted by molar-refractivity contribution is 0.408. The predicted octanol–water partition coefficient (Wildman–Crippen LogP) is 4.82. The van der Waals surface area contributed by atoms with Gasteiger partial charge in [0.15, 0.2) is 17.3 Å². The average Bonchev–Trinajstić information content (AvgIpc) is 3.63. The van der Waals surface area contributed by atoms with Crippen molar-refractivity contribution < 1.29 is 8.78 Å². The van der Waals surface area contributed by atoms with E-state index in [4.69, 9.17) is 0 Å². The molecule has 38 heavy (non-hydrogen) atoms. The number of aromatic nitrogens is 5. The molecule has 0 saturated heterocycles. The first-order chi connectivity index (χ1) is 18.1. The van der Waals surface area contributed by atoms with Gasteiger partial charge in [-0.2, -0.15) is 4.98 Å². The maximum absolute atomic E-state index is 15.3. The van der Waals surface area contributed by atoms with E-state index in [0.29, 0.717) is 18.5 Å². The zero-order valence-electron chi connectivity index (χ0n) is 22.0. The fourth-order valence-corrected chi connectivity index (χ4v) is 5.43. The van der Waals surface area contributed by atoms with Crippen LogP contribution in [0.3, 0.4) is 0 Å². The minimum Gasteiger partial charge on any atom is -0.324 e. The molecule has 2 N–H and O–H groups in total. The molecule has 1 fully saturated rings. The molecule has 0 amide bonds. The van der Waals surface area contributed by atoms with Crippen LogP contribution in [0.25, 0.3) is 16.9 Å². The molecule has 2 aliphatic rings. The molecule has 0 radical (unpaired) electrons. The highest BCUT2D eigenvalue weighted by Crippen LogP contribution is 2.48. The van der Waals surface area contributed by atoms with Gasteiger partial charge in [-0.3, -0.25) is 9.18 Å². The third-order valence-electron chi connectivity index (χ3n) is 7.77. The third-order valence-corrected chi connectivity index (χ3v) is 7.77. The Morgan fingerprint density at radius 2 is 1.95 bits per heavy atom. The summed E-state index contributed by atoms with van der Waals surface area (Å²) in [5, 5.41) is 6.94. The maximum atomic E-state index is 15.3. The van der Waals surface area contributed by atoms with Gasteiger partial charge in [-0.25, -0.2) is 23.7 Å². The molecular weight excluding hydrogens is 488 g/mol. The van der Waals surface area contributed by atoms with Crippen molar-refractivity contribution in [2.75, 3.05) is 18.5 Å². The molecule has 8 nitrogen and oxygen atoms in total. The normalized spacial score (nSPS) is 17.6. The molecule has 0 atom stereocenters. The second kappa shape index (κ2) is 8.69. The van der Waals surface area contributed by atoms with Crippen LogP contribution >= 0.6 is 0 Å². The highest BCUT2D eigenvalue weighted by molar-refractivity contribution is 5.77. The van der Waals surface area contributed by atoms with E-state index < -0.39 is 17.9 Å². The Morgan fingerprint density at radius 1 is 1.16 bits per heavy atom. The van der Waals surface area contributed by atoms with E-state index in [9.17, 15) is 9.18 Å². The molecular formula is C28H31F2N7O. The van der Waals surface area contributed by atoms with Crippen molar-refractivity contribution in [1.29, 1.82) is 0 Å². The Morgan fingerprint density at radius 3 is 2.66 bits per heavy atom. The summed E-state index contributed by atoms with van der Waals surface area (Å²) in [4.78, 5) is 26.9. The van der Waals surface area contributed by atoms with Crippen molar-refractivity contribution in [3.05, 3.63) is 69.5 Å². The molecule has 10 heteroatoms. The summed E-state index contributed by atoms with van der Waals surface area (Å²) in [7, 11) is 0. The average molecular weight is 520 g/mol. The first-order valence-corrected chi connectivity index (χ1v) is 13.0. The third kappa shape index (κ3) is 3.89. The standard InChI is InChI=1S/C28H31F2N7O/c1-16(2)36-25(38)19-13-32-26(33-18-5-6-20-17(11-18)12-31-15-27(20,3)4)35-23(19)37(36)24-21(30)7-8-22(34-24)28(14-29)9-10-28/h5-8,11,13,16,31H,9-10,12,14-15H2,1-4H3,(H,32,33,35). The quantitative estimate of drug-likeness (QED) is 0.380. The number of anilines is 2. The number of halogens is 2. The van der Waals surface area contributed by atoms with E-state index in [0.717, 1.165) is 18.8 Å². The van der Waals surface area contributed by atoms with Gasteiger partial charge < -0.3 is 10.6 Å². The zero-order valence-corrected chi connectivity index (χ0v) is 22.0. The summed E-state index contributed by atoms with van der Waals surface area (Å²) in [6, 6.07) is 8.68. The van der Waals surface area contributed by atoms with Crippen LogP contribution in [0.4, 0.5) is 20.4 Å². The second-order valence-electron chi connectivity index (χ2n) is 11.4. The zero-order chi connectivity index (χ0) is 26.8. The van der Waals surface area contributed by atoms with Gasteiger partial charge in [0, 0.05) is 41.8 Å². The minimum absolute atomic E-state index is 0.0319. The minimum atomic E-state index is -0.675. The Labute approximate surface area is 219 Å². The van der Waals surface area contributed by atoms with E-state index in [1.54, 1.807) is 0 Å². The van der Waals surface area contributed by atoms with Crippen LogP contribution in [-0.2, 0) is 17.4 Å². The van der Waals surface area contributed by atoms with E-state index in [-0.39, 0.29) is 39.8 Å². The van der Waals surface area contributed by atoms with Gasteiger partial charge in [-0.15, -0.1) is 0 Å². The SMILES string of the molecule is CC(C)n1c(=O)c2cnc(Nc3ccc4c(c3)CNCC4(C)C)nc2n1-c1nc(C2(CF)CC2)ccc1F. The topological polar surface area (TPSA) is 89.7 Å². The number of hydrogen-bond donors (Lipinski definition) is 2. The molecule has 1 saturated carbocycles. The fraction of sp³-hybridized carbons (Fsp3) is 0.429. The van der Waals surface area contributed by atoms with Gasteiger partial charge in [0.1, 0.15) is 12.1 Å². The van der Waals surface area contributed by atoms with Crippen LogP contribution in [0.2, 0.25) is 0 Å². The Balaban J connectivity index is 1.47. The molecule has 0 unspecified atom stereocenters. The molecule has 0 bridgehead atoms. The summed E-state index contributed by atoms with van der Waals surface area (Å²) >= 11 is 0. The van der Waals surface area contributed by atoms with Gasteiger partial charge >= 0.3 is 0 Å². The first kappa shape index (κ1) is 24.7. The van der Waals surface area contributed by atoms with Crippen LogP contribution in [0.5, 0.6) is 0 Å². The summed E-state index contributed by atoms with van der Waals surface area (Å²) in [6.45, 7) is 9.21. The fourth-order valence-electron chi connectivity index (χ4n) is 5.43. The van der Waals surface area contributed by atoms with Gasteiger partial charge in [0.05, 0.1) is 5.69 Å². The summed E-state index contributed by atoms with van der Waals surface area (Å²) in [6.07, 6.45) is 2.78. The van der Waals surface area contributed by atoms with Crippen LogP contribution in [0.15, 0.2) is 41.3 Å². The van der Waals surface area contributed by atoms with E-state index >= 15 is 4.39 Å². The van der Waals surface area contributed by atoms with E-state index in [1.165, 1.54) is 38.8 Å². The lowest BCUT2D eigenvalue weighted by Crippen LogP contribution is -2.38. The monoisotopic (exact) mass is 519 g/mol. The molecule has 1 aliphatic carbocycles. The molecule has 1 aromatic carbocycles. The number of nitrogens with zero attached hydrogens (tertiary/aromatic N) is 5. The van der Waals surface area contributed by atoms with Crippen molar-refractivity contribution in [1.82, 2.24) is 29.6 Å². The largest absolute Gasteiger partial charge is 0.324 e. The van der Waals surface area contributed by atoms with Crippen molar-refractivity contribution in [3.63, 3.8) is 0 Å². The summed E-state index contributed by atoms with van der Waals surface area (Å²) in [5.74, 6) is -0.420. The van der Waals surface area contributed by atoms with E-state index in [1.807, 2.05) is 19.9 Å². The Hall–Kier alpha value is -3.66. The maximum Gasteiger partial charge on any atom is 0.278 e. The van der Waals surface area contributed by atoms with Gasteiger partial charge in [0.2, 0.25) is 5.95 Å². The summed E-state index contributed by atoms with van der Waals surface area (Å²) in [5.41, 5.74) is 3.03. The highest BCUT2D eigenvalue weighted by atomic mass is 19.1. The number of hydrogen-bond acceptors (Lipinski definition) is 6. The lowest BCUT2D eigenvalue weighted by atomic mass is 9.79. The predicted molar refractivity (Wildman–Crippen MR) is 143 cm³/mol. The number of fused-ring (bicyclic) bond motifs is 2. The van der Waals surface area contributed by atoms with Crippen molar-refractivity contribution in [2.45, 2.75) is 64.0 Å². The molecule has 198 valence electrons. The number of pyridine rings is 1. The van der Waals surface area contributed by atoms with Crippen molar-refractivity contribution in [3.8, 4) is 5.82 Å². The highest BCUT2D eigenvalue weighted by Gasteiger charge is 2.46. The first-order valence-electron chi connectivity index (χ1n) is 13.0. The molecule has 1 aliphatic heterocycles. The number of nitrogens with one attached hydrogen (secondary N) is 2. The molecule has 0 spiro atoms.